The van der Waals surface area contributed by atoms with Gasteiger partial charge in [-0.05, 0) is 36.8 Å². The van der Waals surface area contributed by atoms with Crippen molar-refractivity contribution in [3.63, 3.8) is 0 Å². The molecule has 0 radical (unpaired) electrons. The number of rotatable bonds is 8. The molecule has 0 bridgehead atoms. The fourth-order valence-corrected chi connectivity index (χ4v) is 2.20. The highest BCUT2D eigenvalue weighted by Gasteiger charge is 2.03. The predicted molar refractivity (Wildman–Crippen MR) is 94.4 cm³/mol. The summed E-state index contributed by atoms with van der Waals surface area (Å²) in [6.07, 6.45) is 0.362. The van der Waals surface area contributed by atoms with Gasteiger partial charge in [-0.1, -0.05) is 24.3 Å². The number of anilines is 1. The second-order valence-electron chi connectivity index (χ2n) is 5.44. The summed E-state index contributed by atoms with van der Waals surface area (Å²) in [4.78, 5) is 23.2. The van der Waals surface area contributed by atoms with Gasteiger partial charge in [-0.25, -0.2) is 0 Å². The SMILES string of the molecule is COc1ccc(CNC(=O)CCNc2cccc(C(C)=O)c2)cc1. The Balaban J connectivity index is 1.73. The number of hydrogen-bond acceptors (Lipinski definition) is 4. The summed E-state index contributed by atoms with van der Waals surface area (Å²) >= 11 is 0. The summed E-state index contributed by atoms with van der Waals surface area (Å²) in [6, 6.07) is 14.8. The maximum Gasteiger partial charge on any atom is 0.222 e. The van der Waals surface area contributed by atoms with E-state index in [-0.39, 0.29) is 11.7 Å². The van der Waals surface area contributed by atoms with Gasteiger partial charge in [0.1, 0.15) is 5.75 Å². The molecule has 5 heteroatoms. The second-order valence-corrected chi connectivity index (χ2v) is 5.44. The highest BCUT2D eigenvalue weighted by Crippen LogP contribution is 2.12. The van der Waals surface area contributed by atoms with Gasteiger partial charge in [-0.15, -0.1) is 0 Å². The Labute approximate surface area is 142 Å². The van der Waals surface area contributed by atoms with E-state index in [0.29, 0.717) is 25.1 Å². The highest BCUT2D eigenvalue weighted by molar-refractivity contribution is 5.94. The van der Waals surface area contributed by atoms with Crippen molar-refractivity contribution in [3.05, 3.63) is 59.7 Å². The summed E-state index contributed by atoms with van der Waals surface area (Å²) in [7, 11) is 1.62. The Kier molecular flexibility index (Phi) is 6.37. The van der Waals surface area contributed by atoms with Crippen molar-refractivity contribution in [2.75, 3.05) is 19.0 Å². The zero-order valence-electron chi connectivity index (χ0n) is 14.0. The van der Waals surface area contributed by atoms with Gasteiger partial charge < -0.3 is 15.4 Å². The van der Waals surface area contributed by atoms with Crippen LogP contribution >= 0.6 is 0 Å². The number of amides is 1. The van der Waals surface area contributed by atoms with E-state index in [1.54, 1.807) is 19.2 Å². The molecule has 0 unspecified atom stereocenters. The van der Waals surface area contributed by atoms with Crippen molar-refractivity contribution < 1.29 is 14.3 Å². The highest BCUT2D eigenvalue weighted by atomic mass is 16.5. The van der Waals surface area contributed by atoms with Crippen LogP contribution in [0.2, 0.25) is 0 Å². The van der Waals surface area contributed by atoms with E-state index in [1.807, 2.05) is 36.4 Å². The van der Waals surface area contributed by atoms with E-state index in [2.05, 4.69) is 10.6 Å². The van der Waals surface area contributed by atoms with E-state index >= 15 is 0 Å². The van der Waals surface area contributed by atoms with Crippen molar-refractivity contribution >= 4 is 17.4 Å². The fourth-order valence-electron chi connectivity index (χ4n) is 2.20. The van der Waals surface area contributed by atoms with Crippen LogP contribution in [-0.4, -0.2) is 25.3 Å². The van der Waals surface area contributed by atoms with Crippen molar-refractivity contribution in [3.8, 4) is 5.75 Å². The molecule has 0 saturated carbocycles. The Bertz CT molecular complexity index is 696. The van der Waals surface area contributed by atoms with Gasteiger partial charge >= 0.3 is 0 Å². The van der Waals surface area contributed by atoms with Crippen molar-refractivity contribution in [2.45, 2.75) is 19.9 Å². The lowest BCUT2D eigenvalue weighted by molar-refractivity contribution is -0.121. The van der Waals surface area contributed by atoms with Crippen molar-refractivity contribution in [2.24, 2.45) is 0 Å². The molecule has 2 N–H and O–H groups in total. The van der Waals surface area contributed by atoms with Crippen LogP contribution in [0.3, 0.4) is 0 Å². The lowest BCUT2D eigenvalue weighted by Gasteiger charge is -2.09. The van der Waals surface area contributed by atoms with Gasteiger partial charge in [0.2, 0.25) is 5.91 Å². The summed E-state index contributed by atoms with van der Waals surface area (Å²) in [5, 5.41) is 6.03. The smallest absolute Gasteiger partial charge is 0.222 e. The summed E-state index contributed by atoms with van der Waals surface area (Å²) in [6.45, 7) is 2.53. The Morgan fingerprint density at radius 3 is 2.50 bits per heavy atom. The monoisotopic (exact) mass is 326 g/mol. The Morgan fingerprint density at radius 1 is 1.08 bits per heavy atom. The molecule has 0 fully saturated rings. The normalized spacial score (nSPS) is 10.1. The minimum Gasteiger partial charge on any atom is -0.497 e. The van der Waals surface area contributed by atoms with Crippen molar-refractivity contribution in [1.29, 1.82) is 0 Å². The average molecular weight is 326 g/mol. The van der Waals surface area contributed by atoms with Gasteiger partial charge in [0.05, 0.1) is 7.11 Å². The predicted octanol–water partition coefficient (Wildman–Crippen LogP) is 3.02. The molecular formula is C19H22N2O3. The van der Waals surface area contributed by atoms with E-state index in [4.69, 9.17) is 4.74 Å². The average Bonchev–Trinajstić information content (AvgIpc) is 2.60. The molecule has 0 aliphatic heterocycles. The second kappa shape index (κ2) is 8.72. The number of methoxy groups -OCH3 is 1. The van der Waals surface area contributed by atoms with Crippen LogP contribution < -0.4 is 15.4 Å². The molecule has 0 aliphatic rings. The molecule has 126 valence electrons. The van der Waals surface area contributed by atoms with E-state index in [0.717, 1.165) is 17.0 Å². The van der Waals surface area contributed by atoms with Crippen LogP contribution in [0, 0.1) is 0 Å². The molecule has 0 aromatic heterocycles. The lowest BCUT2D eigenvalue weighted by atomic mass is 10.1. The third-order valence-corrected chi connectivity index (χ3v) is 3.60. The molecule has 0 atom stereocenters. The third-order valence-electron chi connectivity index (χ3n) is 3.60. The molecule has 5 nitrogen and oxygen atoms in total. The number of ketones is 1. The van der Waals surface area contributed by atoms with Crippen LogP contribution in [0.1, 0.15) is 29.3 Å². The molecular weight excluding hydrogens is 304 g/mol. The first kappa shape index (κ1) is 17.5. The van der Waals surface area contributed by atoms with E-state index < -0.39 is 0 Å². The molecule has 2 aromatic carbocycles. The van der Waals surface area contributed by atoms with Gasteiger partial charge in [0.25, 0.3) is 0 Å². The molecule has 0 spiro atoms. The zero-order chi connectivity index (χ0) is 17.4. The van der Waals surface area contributed by atoms with Gasteiger partial charge in [-0.3, -0.25) is 9.59 Å². The molecule has 2 aromatic rings. The number of ether oxygens (including phenoxy) is 1. The minimum absolute atomic E-state index is 0.0240. The van der Waals surface area contributed by atoms with Crippen LogP contribution in [-0.2, 0) is 11.3 Å². The van der Waals surface area contributed by atoms with Crippen LogP contribution in [0.4, 0.5) is 5.69 Å². The number of carbonyl (C=O) groups is 2. The molecule has 1 amide bonds. The van der Waals surface area contributed by atoms with E-state index in [1.165, 1.54) is 6.92 Å². The number of nitrogens with one attached hydrogen (secondary N) is 2. The number of hydrogen-bond donors (Lipinski definition) is 2. The quantitative estimate of drug-likeness (QED) is 0.732. The minimum atomic E-state index is -0.0268. The molecule has 24 heavy (non-hydrogen) atoms. The first-order valence-corrected chi connectivity index (χ1v) is 7.83. The summed E-state index contributed by atoms with van der Waals surface area (Å²) < 4.78 is 5.10. The van der Waals surface area contributed by atoms with E-state index in [9.17, 15) is 9.59 Å². The Morgan fingerprint density at radius 2 is 1.83 bits per heavy atom. The van der Waals surface area contributed by atoms with Crippen LogP contribution in [0.15, 0.2) is 48.5 Å². The zero-order valence-corrected chi connectivity index (χ0v) is 14.0. The van der Waals surface area contributed by atoms with Crippen LogP contribution in [0.5, 0.6) is 5.75 Å². The van der Waals surface area contributed by atoms with Gasteiger partial charge in [0.15, 0.2) is 5.78 Å². The largest absolute Gasteiger partial charge is 0.497 e. The van der Waals surface area contributed by atoms with Crippen molar-refractivity contribution in [1.82, 2.24) is 5.32 Å². The van der Waals surface area contributed by atoms with Gasteiger partial charge in [-0.2, -0.15) is 0 Å². The first-order valence-electron chi connectivity index (χ1n) is 7.83. The maximum absolute atomic E-state index is 11.9. The molecule has 0 heterocycles. The van der Waals surface area contributed by atoms with Gasteiger partial charge in [0, 0.05) is 30.8 Å². The topological polar surface area (TPSA) is 67.4 Å². The fraction of sp³-hybridized carbons (Fsp3) is 0.263. The maximum atomic E-state index is 11.9. The number of benzene rings is 2. The first-order chi connectivity index (χ1) is 11.6. The molecule has 0 aliphatic carbocycles. The lowest BCUT2D eigenvalue weighted by Crippen LogP contribution is -2.24. The molecule has 0 saturated heterocycles. The molecule has 2 rings (SSSR count). The third kappa shape index (κ3) is 5.43. The summed E-state index contributed by atoms with van der Waals surface area (Å²) in [5.74, 6) is 0.791. The van der Waals surface area contributed by atoms with Crippen LogP contribution in [0.25, 0.3) is 0 Å². The number of Topliss-reactive ketones (excluding diaryl/α,β-unsaturated/α-hetero) is 1. The summed E-state index contributed by atoms with van der Waals surface area (Å²) in [5.41, 5.74) is 2.51. The standard InChI is InChI=1S/C19H22N2O3/c1-14(22)16-4-3-5-17(12-16)20-11-10-19(23)21-13-15-6-8-18(24-2)9-7-15/h3-9,12,20H,10-11,13H2,1-2H3,(H,21,23). The number of carbonyl (C=O) groups excluding carboxylic acids is 2. The Hall–Kier alpha value is -2.82.